The highest BCUT2D eigenvalue weighted by Crippen LogP contribution is 2.21. The molecule has 0 radical (unpaired) electrons. The van der Waals surface area contributed by atoms with Gasteiger partial charge in [0.2, 0.25) is 0 Å². The summed E-state index contributed by atoms with van der Waals surface area (Å²) >= 11 is 0. The lowest BCUT2D eigenvalue weighted by molar-refractivity contribution is 0.0766. The molecular formula is C18H24N4O. The minimum absolute atomic E-state index is 0.0653. The lowest BCUT2D eigenvalue weighted by Crippen LogP contribution is -2.31. The first kappa shape index (κ1) is 16.9. The van der Waals surface area contributed by atoms with E-state index in [1.165, 1.54) is 5.56 Å². The molecule has 1 aromatic carbocycles. The third-order valence-corrected chi connectivity index (χ3v) is 3.76. The zero-order valence-corrected chi connectivity index (χ0v) is 14.5. The van der Waals surface area contributed by atoms with Gasteiger partial charge in [-0.3, -0.25) is 4.79 Å². The van der Waals surface area contributed by atoms with Crippen molar-refractivity contribution in [1.82, 2.24) is 14.9 Å². The van der Waals surface area contributed by atoms with Crippen LogP contribution in [-0.2, 0) is 0 Å². The van der Waals surface area contributed by atoms with E-state index in [9.17, 15) is 4.79 Å². The van der Waals surface area contributed by atoms with E-state index in [2.05, 4.69) is 33.5 Å². The summed E-state index contributed by atoms with van der Waals surface area (Å²) in [6, 6.07) is 7.92. The summed E-state index contributed by atoms with van der Waals surface area (Å²) < 4.78 is 0. The van der Waals surface area contributed by atoms with E-state index in [1.807, 2.05) is 27.7 Å². The third kappa shape index (κ3) is 4.06. The van der Waals surface area contributed by atoms with E-state index in [4.69, 9.17) is 0 Å². The Hall–Kier alpha value is -2.43. The highest BCUT2D eigenvalue weighted by Gasteiger charge is 2.16. The molecule has 2 rings (SSSR count). The molecule has 0 bridgehead atoms. The average molecular weight is 312 g/mol. The zero-order chi connectivity index (χ0) is 17.0. The quantitative estimate of drug-likeness (QED) is 0.916. The Balaban J connectivity index is 2.34. The van der Waals surface area contributed by atoms with Crippen molar-refractivity contribution in [1.29, 1.82) is 0 Å². The molecule has 0 aliphatic carbocycles. The summed E-state index contributed by atoms with van der Waals surface area (Å²) in [7, 11) is 0. The molecule has 0 atom stereocenters. The number of rotatable bonds is 5. The predicted octanol–water partition coefficient (Wildman–Crippen LogP) is 3.63. The molecule has 0 fully saturated rings. The summed E-state index contributed by atoms with van der Waals surface area (Å²) in [6.07, 6.45) is 0. The van der Waals surface area contributed by atoms with Crippen LogP contribution in [0.2, 0.25) is 0 Å². The number of hydrogen-bond acceptors (Lipinski definition) is 4. The summed E-state index contributed by atoms with van der Waals surface area (Å²) in [5.74, 6) is 1.15. The Morgan fingerprint density at radius 1 is 1.09 bits per heavy atom. The molecule has 1 amide bonds. The fourth-order valence-corrected chi connectivity index (χ4v) is 2.42. The second kappa shape index (κ2) is 7.22. The van der Waals surface area contributed by atoms with Crippen molar-refractivity contribution in [2.75, 3.05) is 18.4 Å². The van der Waals surface area contributed by atoms with Crippen LogP contribution in [0, 0.1) is 20.8 Å². The maximum Gasteiger partial charge on any atom is 0.272 e. The van der Waals surface area contributed by atoms with E-state index in [-0.39, 0.29) is 5.91 Å². The highest BCUT2D eigenvalue weighted by atomic mass is 16.2. The van der Waals surface area contributed by atoms with Crippen LogP contribution in [0.25, 0.3) is 0 Å². The molecule has 0 saturated carbocycles. The normalized spacial score (nSPS) is 10.5. The van der Waals surface area contributed by atoms with Crippen molar-refractivity contribution in [3.05, 3.63) is 46.9 Å². The molecule has 0 aliphatic heterocycles. The molecule has 0 aliphatic rings. The van der Waals surface area contributed by atoms with E-state index >= 15 is 0 Å². The fraction of sp³-hybridized carbons (Fsp3) is 0.389. The van der Waals surface area contributed by atoms with Gasteiger partial charge in [0.05, 0.1) is 0 Å². The Kier molecular flexibility index (Phi) is 5.32. The van der Waals surface area contributed by atoms with Gasteiger partial charge in [-0.25, -0.2) is 9.97 Å². The Bertz CT molecular complexity index is 708. The van der Waals surface area contributed by atoms with Gasteiger partial charge in [0, 0.05) is 24.8 Å². The fourth-order valence-electron chi connectivity index (χ4n) is 2.42. The largest absolute Gasteiger partial charge is 0.340 e. The van der Waals surface area contributed by atoms with Crippen LogP contribution in [0.1, 0.15) is 41.3 Å². The molecule has 23 heavy (non-hydrogen) atoms. The van der Waals surface area contributed by atoms with Gasteiger partial charge in [-0.2, -0.15) is 0 Å². The third-order valence-electron chi connectivity index (χ3n) is 3.76. The lowest BCUT2D eigenvalue weighted by Gasteiger charge is -2.18. The van der Waals surface area contributed by atoms with Gasteiger partial charge in [0.15, 0.2) is 0 Å². The van der Waals surface area contributed by atoms with Crippen LogP contribution in [0.4, 0.5) is 11.5 Å². The van der Waals surface area contributed by atoms with Crippen molar-refractivity contribution in [3.63, 3.8) is 0 Å². The molecule has 1 heterocycles. The van der Waals surface area contributed by atoms with Crippen LogP contribution in [0.15, 0.2) is 24.3 Å². The van der Waals surface area contributed by atoms with Crippen molar-refractivity contribution in [2.45, 2.75) is 34.6 Å². The predicted molar refractivity (Wildman–Crippen MR) is 93.2 cm³/mol. The van der Waals surface area contributed by atoms with Crippen molar-refractivity contribution < 1.29 is 4.79 Å². The molecule has 0 spiro atoms. The topological polar surface area (TPSA) is 58.1 Å². The molecule has 5 nitrogen and oxygen atoms in total. The van der Waals surface area contributed by atoms with Crippen LogP contribution < -0.4 is 5.32 Å². The minimum Gasteiger partial charge on any atom is -0.340 e. The van der Waals surface area contributed by atoms with Crippen molar-refractivity contribution >= 4 is 17.4 Å². The van der Waals surface area contributed by atoms with Gasteiger partial charge in [-0.05, 0) is 51.8 Å². The molecule has 5 heteroatoms. The Labute approximate surface area is 137 Å². The maximum atomic E-state index is 12.5. The molecular weight excluding hydrogens is 288 g/mol. The van der Waals surface area contributed by atoms with Gasteiger partial charge in [-0.15, -0.1) is 0 Å². The maximum absolute atomic E-state index is 12.5. The average Bonchev–Trinajstić information content (AvgIpc) is 2.51. The van der Waals surface area contributed by atoms with Crippen LogP contribution in [0.3, 0.4) is 0 Å². The van der Waals surface area contributed by atoms with Gasteiger partial charge in [0.25, 0.3) is 5.91 Å². The molecule has 2 aromatic rings. The zero-order valence-electron chi connectivity index (χ0n) is 14.5. The van der Waals surface area contributed by atoms with E-state index < -0.39 is 0 Å². The number of anilines is 2. The number of nitrogens with zero attached hydrogens (tertiary/aromatic N) is 3. The van der Waals surface area contributed by atoms with Crippen molar-refractivity contribution in [3.8, 4) is 0 Å². The number of carbonyl (C=O) groups excluding carboxylic acids is 1. The summed E-state index contributed by atoms with van der Waals surface area (Å²) in [6.45, 7) is 11.1. The smallest absolute Gasteiger partial charge is 0.272 e. The highest BCUT2D eigenvalue weighted by molar-refractivity contribution is 5.93. The van der Waals surface area contributed by atoms with Gasteiger partial charge in [-0.1, -0.05) is 12.1 Å². The van der Waals surface area contributed by atoms with E-state index in [1.54, 1.807) is 17.9 Å². The van der Waals surface area contributed by atoms with E-state index in [0.717, 1.165) is 11.3 Å². The number of aromatic nitrogens is 2. The summed E-state index contributed by atoms with van der Waals surface area (Å²) in [5, 5.41) is 3.30. The molecule has 1 N–H and O–H groups in total. The van der Waals surface area contributed by atoms with Gasteiger partial charge >= 0.3 is 0 Å². The van der Waals surface area contributed by atoms with Crippen LogP contribution in [0.5, 0.6) is 0 Å². The first-order chi connectivity index (χ1) is 10.9. The molecule has 0 saturated heterocycles. The van der Waals surface area contributed by atoms with E-state index in [0.29, 0.717) is 30.4 Å². The minimum atomic E-state index is -0.0653. The Morgan fingerprint density at radius 2 is 1.78 bits per heavy atom. The second-order valence-corrected chi connectivity index (χ2v) is 5.61. The van der Waals surface area contributed by atoms with Crippen molar-refractivity contribution in [2.24, 2.45) is 0 Å². The lowest BCUT2D eigenvalue weighted by atomic mass is 10.1. The second-order valence-electron chi connectivity index (χ2n) is 5.61. The molecule has 1 aromatic heterocycles. The number of nitrogens with one attached hydrogen (secondary N) is 1. The number of hydrogen-bond donors (Lipinski definition) is 1. The monoisotopic (exact) mass is 312 g/mol. The summed E-state index contributed by atoms with van der Waals surface area (Å²) in [4.78, 5) is 22.9. The van der Waals surface area contributed by atoms with Crippen LogP contribution in [-0.4, -0.2) is 33.9 Å². The Morgan fingerprint density at radius 3 is 2.43 bits per heavy atom. The molecule has 0 unspecified atom stereocenters. The summed E-state index contributed by atoms with van der Waals surface area (Å²) in [5.41, 5.74) is 3.71. The number of amides is 1. The first-order valence-electron chi connectivity index (χ1n) is 7.93. The van der Waals surface area contributed by atoms with Gasteiger partial charge < -0.3 is 10.2 Å². The number of aryl methyl sites for hydroxylation is 3. The SMILES string of the molecule is CCN(CC)C(=O)c1cc(Nc2cc(C)ccc2C)nc(C)n1. The number of carbonyl (C=O) groups is 1. The van der Waals surface area contributed by atoms with Crippen LogP contribution >= 0.6 is 0 Å². The first-order valence-corrected chi connectivity index (χ1v) is 7.93. The van der Waals surface area contributed by atoms with Gasteiger partial charge in [0.1, 0.15) is 17.3 Å². The standard InChI is InChI=1S/C18H24N4O/c1-6-22(7-2)18(23)16-11-17(20-14(5)19-16)21-15-10-12(3)8-9-13(15)4/h8-11H,6-7H2,1-5H3,(H,19,20,21). The number of benzene rings is 1. The molecule has 122 valence electrons.